The Morgan fingerprint density at radius 1 is 0.844 bits per heavy atom. The zero-order valence-electron chi connectivity index (χ0n) is 17.8. The number of carbonyl (C=O) groups excluding carboxylic acids is 1. The number of piperazine rings is 1. The molecule has 166 valence electrons. The van der Waals surface area contributed by atoms with E-state index in [0.29, 0.717) is 16.3 Å². The number of benzene rings is 3. The number of likely N-dealkylation sites (N-methyl/N-ethyl adjacent to an activating group) is 1. The smallest absolute Gasteiger partial charge is 0.264 e. The van der Waals surface area contributed by atoms with Crippen molar-refractivity contribution < 1.29 is 13.2 Å². The molecule has 1 saturated heterocycles. The van der Waals surface area contributed by atoms with Gasteiger partial charge in [0.1, 0.15) is 0 Å². The minimum absolute atomic E-state index is 0.0458. The van der Waals surface area contributed by atoms with Crippen LogP contribution in [0.5, 0.6) is 0 Å². The van der Waals surface area contributed by atoms with Crippen LogP contribution in [-0.4, -0.2) is 58.9 Å². The molecule has 2 heterocycles. The fourth-order valence-electron chi connectivity index (χ4n) is 4.51. The minimum atomic E-state index is -3.87. The van der Waals surface area contributed by atoms with Crippen LogP contribution in [-0.2, 0) is 10.0 Å². The van der Waals surface area contributed by atoms with E-state index >= 15 is 0 Å². The summed E-state index contributed by atoms with van der Waals surface area (Å²) in [7, 11) is -1.80. The Balaban J connectivity index is 1.61. The molecule has 0 unspecified atom stereocenters. The normalized spacial score (nSPS) is 17.6. The summed E-state index contributed by atoms with van der Waals surface area (Å²) in [6, 6.07) is 16.2. The molecular formula is C24H24ClN3O3S. The summed E-state index contributed by atoms with van der Waals surface area (Å²) in [5.41, 5.74) is 1.55. The predicted molar refractivity (Wildman–Crippen MR) is 129 cm³/mol. The Morgan fingerprint density at radius 2 is 1.53 bits per heavy atom. The Bertz CT molecular complexity index is 1320. The van der Waals surface area contributed by atoms with Crippen molar-refractivity contribution >= 4 is 49.6 Å². The molecule has 1 fully saturated rings. The Hall–Kier alpha value is -2.61. The molecule has 0 N–H and O–H groups in total. The zero-order chi connectivity index (χ0) is 22.5. The average Bonchev–Trinajstić information content (AvgIpc) is 2.78. The summed E-state index contributed by atoms with van der Waals surface area (Å²) in [5, 5.41) is 2.25. The molecule has 3 aromatic carbocycles. The third-order valence-electron chi connectivity index (χ3n) is 6.30. The summed E-state index contributed by atoms with van der Waals surface area (Å²) in [6.45, 7) is 3.36. The molecule has 0 bridgehead atoms. The quantitative estimate of drug-likeness (QED) is 0.579. The van der Waals surface area contributed by atoms with Gasteiger partial charge in [-0.05, 0) is 42.1 Å². The molecule has 32 heavy (non-hydrogen) atoms. The van der Waals surface area contributed by atoms with Crippen molar-refractivity contribution in [3.8, 4) is 0 Å². The molecule has 0 amide bonds. The first-order chi connectivity index (χ1) is 15.3. The molecule has 2 aliphatic rings. The van der Waals surface area contributed by atoms with E-state index in [4.69, 9.17) is 11.6 Å². The number of hydrogen-bond acceptors (Lipinski definition) is 5. The van der Waals surface area contributed by atoms with E-state index in [9.17, 15) is 13.2 Å². The van der Waals surface area contributed by atoms with Crippen molar-refractivity contribution in [3.05, 3.63) is 65.2 Å². The highest BCUT2D eigenvalue weighted by molar-refractivity contribution is 7.92. The minimum Gasteiger partial charge on any atom is -0.368 e. The molecule has 0 aliphatic carbocycles. The molecule has 0 atom stereocenters. The Labute approximate surface area is 193 Å². The second-order valence-corrected chi connectivity index (χ2v) is 10.7. The van der Waals surface area contributed by atoms with E-state index in [1.165, 1.54) is 4.31 Å². The van der Waals surface area contributed by atoms with Gasteiger partial charge in [0.05, 0.1) is 21.8 Å². The summed E-state index contributed by atoms with van der Waals surface area (Å²) < 4.78 is 28.7. The van der Waals surface area contributed by atoms with Crippen LogP contribution in [0.4, 0.5) is 11.4 Å². The molecule has 0 radical (unpaired) electrons. The maximum atomic E-state index is 13.7. The fourth-order valence-corrected chi connectivity index (χ4v) is 6.22. The number of halogens is 1. The van der Waals surface area contributed by atoms with Crippen LogP contribution in [0.1, 0.15) is 16.8 Å². The van der Waals surface area contributed by atoms with Crippen LogP contribution < -0.4 is 9.21 Å². The van der Waals surface area contributed by atoms with Gasteiger partial charge in [-0.3, -0.25) is 9.10 Å². The number of fused-ring (bicyclic) bond motifs is 2. The number of anilines is 2. The maximum absolute atomic E-state index is 13.7. The van der Waals surface area contributed by atoms with Gasteiger partial charge in [-0.2, -0.15) is 0 Å². The molecule has 8 heteroatoms. The van der Waals surface area contributed by atoms with Crippen molar-refractivity contribution in [2.75, 3.05) is 49.0 Å². The Kier molecular flexibility index (Phi) is 5.35. The van der Waals surface area contributed by atoms with Crippen LogP contribution in [0.2, 0.25) is 5.02 Å². The largest absolute Gasteiger partial charge is 0.368 e. The van der Waals surface area contributed by atoms with Crippen LogP contribution in [0.25, 0.3) is 10.8 Å². The Morgan fingerprint density at radius 3 is 2.28 bits per heavy atom. The van der Waals surface area contributed by atoms with Gasteiger partial charge in [0.2, 0.25) is 0 Å². The first-order valence-electron chi connectivity index (χ1n) is 10.7. The maximum Gasteiger partial charge on any atom is 0.264 e. The van der Waals surface area contributed by atoms with Gasteiger partial charge in [0, 0.05) is 44.2 Å². The molecule has 6 nitrogen and oxygen atoms in total. The number of hydrogen-bond donors (Lipinski definition) is 0. The van der Waals surface area contributed by atoms with Crippen molar-refractivity contribution in [1.29, 1.82) is 0 Å². The lowest BCUT2D eigenvalue weighted by atomic mass is 9.99. The summed E-state index contributed by atoms with van der Waals surface area (Å²) in [4.78, 5) is 17.6. The SMILES string of the molecule is CN1CCN(c2cc(Cl)cc3c2C(=O)CCN3S(=O)(=O)c2ccc3ccccc3c2)CC1. The molecule has 5 rings (SSSR count). The molecule has 0 aromatic heterocycles. The molecule has 0 spiro atoms. The predicted octanol–water partition coefficient (Wildman–Crippen LogP) is 4.03. The number of nitrogens with zero attached hydrogens (tertiary/aromatic N) is 3. The van der Waals surface area contributed by atoms with E-state index < -0.39 is 10.0 Å². The highest BCUT2D eigenvalue weighted by atomic mass is 35.5. The first kappa shape index (κ1) is 21.2. The molecule has 2 aliphatic heterocycles. The number of ketones is 1. The second kappa shape index (κ2) is 8.06. The van der Waals surface area contributed by atoms with Crippen molar-refractivity contribution in [2.45, 2.75) is 11.3 Å². The van der Waals surface area contributed by atoms with E-state index in [-0.39, 0.29) is 23.6 Å². The molecule has 0 saturated carbocycles. The van der Waals surface area contributed by atoms with Crippen molar-refractivity contribution in [1.82, 2.24) is 4.90 Å². The van der Waals surface area contributed by atoms with Crippen molar-refractivity contribution in [2.24, 2.45) is 0 Å². The van der Waals surface area contributed by atoms with E-state index in [1.807, 2.05) is 30.3 Å². The fraction of sp³-hybridized carbons (Fsp3) is 0.292. The van der Waals surface area contributed by atoms with Gasteiger partial charge in [-0.15, -0.1) is 0 Å². The second-order valence-electron chi connectivity index (χ2n) is 8.37. The third kappa shape index (κ3) is 3.64. The topological polar surface area (TPSA) is 60.9 Å². The van der Waals surface area contributed by atoms with Crippen LogP contribution in [0.3, 0.4) is 0 Å². The lowest BCUT2D eigenvalue weighted by molar-refractivity contribution is 0.0982. The van der Waals surface area contributed by atoms with Gasteiger partial charge in [-0.25, -0.2) is 8.42 Å². The van der Waals surface area contributed by atoms with Gasteiger partial charge in [0.25, 0.3) is 10.0 Å². The van der Waals surface area contributed by atoms with Gasteiger partial charge in [0.15, 0.2) is 5.78 Å². The van der Waals surface area contributed by atoms with Crippen LogP contribution in [0, 0.1) is 0 Å². The summed E-state index contributed by atoms with van der Waals surface area (Å²) in [6.07, 6.45) is 0.141. The van der Waals surface area contributed by atoms with Crippen molar-refractivity contribution in [3.63, 3.8) is 0 Å². The summed E-state index contributed by atoms with van der Waals surface area (Å²) in [5.74, 6) is -0.0458. The van der Waals surface area contributed by atoms with Gasteiger partial charge < -0.3 is 9.80 Å². The third-order valence-corrected chi connectivity index (χ3v) is 8.33. The summed E-state index contributed by atoms with van der Waals surface area (Å²) >= 11 is 6.45. The lowest BCUT2D eigenvalue weighted by Crippen LogP contribution is -2.45. The van der Waals surface area contributed by atoms with Gasteiger partial charge >= 0.3 is 0 Å². The standard InChI is InChI=1S/C24H24ClN3O3S/c1-26-10-12-27(13-11-26)21-15-19(25)16-22-24(21)23(29)8-9-28(22)32(30,31)20-7-6-17-4-2-3-5-18(17)14-20/h2-7,14-16H,8-13H2,1H3. The highest BCUT2D eigenvalue weighted by Crippen LogP contribution is 2.40. The first-order valence-corrected chi connectivity index (χ1v) is 12.5. The highest BCUT2D eigenvalue weighted by Gasteiger charge is 2.35. The molecule has 3 aromatic rings. The number of sulfonamides is 1. The van der Waals surface area contributed by atoms with E-state index in [0.717, 1.165) is 42.6 Å². The zero-order valence-corrected chi connectivity index (χ0v) is 19.4. The van der Waals surface area contributed by atoms with Gasteiger partial charge in [-0.1, -0.05) is 41.9 Å². The number of rotatable bonds is 3. The van der Waals surface area contributed by atoms with Crippen LogP contribution >= 0.6 is 11.6 Å². The van der Waals surface area contributed by atoms with Crippen LogP contribution in [0.15, 0.2) is 59.5 Å². The lowest BCUT2D eigenvalue weighted by Gasteiger charge is -2.38. The van der Waals surface area contributed by atoms with E-state index in [1.54, 1.807) is 24.3 Å². The number of Topliss-reactive ketones (excluding diaryl/α,β-unsaturated/α-hetero) is 1. The van der Waals surface area contributed by atoms with E-state index in [2.05, 4.69) is 16.8 Å². The number of carbonyl (C=O) groups is 1. The monoisotopic (exact) mass is 469 g/mol. The molecular weight excluding hydrogens is 446 g/mol. The average molecular weight is 470 g/mol.